The molecule has 4 rings (SSSR count). The van der Waals surface area contributed by atoms with E-state index in [1.165, 1.54) is 10.4 Å². The van der Waals surface area contributed by atoms with Crippen molar-refractivity contribution in [2.75, 3.05) is 19.8 Å². The monoisotopic (exact) mass is 445 g/mol. The summed E-state index contributed by atoms with van der Waals surface area (Å²) in [6.07, 6.45) is 6.40. The van der Waals surface area contributed by atoms with Crippen molar-refractivity contribution in [3.05, 3.63) is 62.0 Å². The molecular formula is C23H28ClN3O2S. The molecule has 1 aliphatic rings. The summed E-state index contributed by atoms with van der Waals surface area (Å²) in [5, 5.41) is 5.21. The Labute approximate surface area is 186 Å². The van der Waals surface area contributed by atoms with Gasteiger partial charge in [-0.1, -0.05) is 29.8 Å². The fraction of sp³-hybridized carbons (Fsp3) is 0.478. The average molecular weight is 446 g/mol. The molecule has 3 aromatic rings. The van der Waals surface area contributed by atoms with Gasteiger partial charge in [-0.15, -0.1) is 11.3 Å². The van der Waals surface area contributed by atoms with Gasteiger partial charge in [-0.25, -0.2) is 4.98 Å². The van der Waals surface area contributed by atoms with Gasteiger partial charge in [-0.3, -0.25) is 9.36 Å². The van der Waals surface area contributed by atoms with Crippen LogP contribution in [0.25, 0.3) is 10.2 Å². The third kappa shape index (κ3) is 4.78. The fourth-order valence-corrected chi connectivity index (χ4v) is 5.59. The van der Waals surface area contributed by atoms with Crippen LogP contribution in [0.2, 0.25) is 5.02 Å². The summed E-state index contributed by atoms with van der Waals surface area (Å²) in [6, 6.07) is 8.26. The molecule has 0 spiro atoms. The number of hydrogen-bond acceptors (Lipinski definition) is 5. The second kappa shape index (κ2) is 10.1. The van der Waals surface area contributed by atoms with E-state index in [2.05, 4.69) is 10.3 Å². The second-order valence-corrected chi connectivity index (χ2v) is 9.20. The first-order valence-electron chi connectivity index (χ1n) is 10.7. The van der Waals surface area contributed by atoms with E-state index in [0.717, 1.165) is 66.2 Å². The van der Waals surface area contributed by atoms with Crippen LogP contribution in [0.15, 0.2) is 35.4 Å². The number of hydrogen-bond donors (Lipinski definition) is 1. The zero-order valence-electron chi connectivity index (χ0n) is 17.3. The molecule has 0 bridgehead atoms. The highest BCUT2D eigenvalue weighted by Crippen LogP contribution is 2.33. The van der Waals surface area contributed by atoms with Gasteiger partial charge >= 0.3 is 0 Å². The van der Waals surface area contributed by atoms with E-state index >= 15 is 0 Å². The number of aromatic nitrogens is 2. The molecular weight excluding hydrogens is 418 g/mol. The minimum Gasteiger partial charge on any atom is -0.382 e. The SMILES string of the molecule is CCOCCCN[C@H]1CCc2c(sc3ncn(CCc4ccccc4Cl)c(=O)c23)C1. The van der Waals surface area contributed by atoms with Crippen molar-refractivity contribution in [3.63, 3.8) is 0 Å². The van der Waals surface area contributed by atoms with Crippen LogP contribution in [0.3, 0.4) is 0 Å². The summed E-state index contributed by atoms with van der Waals surface area (Å²) in [5.41, 5.74) is 2.34. The van der Waals surface area contributed by atoms with Crippen molar-refractivity contribution in [2.45, 2.75) is 51.6 Å². The zero-order chi connectivity index (χ0) is 20.9. The highest BCUT2D eigenvalue weighted by atomic mass is 35.5. The van der Waals surface area contributed by atoms with Gasteiger partial charge in [0, 0.05) is 35.7 Å². The van der Waals surface area contributed by atoms with Gasteiger partial charge in [-0.2, -0.15) is 0 Å². The molecule has 1 N–H and O–H groups in total. The Kier molecular flexibility index (Phi) is 7.20. The van der Waals surface area contributed by atoms with Crippen LogP contribution in [0.4, 0.5) is 0 Å². The quantitative estimate of drug-likeness (QED) is 0.501. The van der Waals surface area contributed by atoms with Crippen LogP contribution < -0.4 is 10.9 Å². The second-order valence-electron chi connectivity index (χ2n) is 7.71. The topological polar surface area (TPSA) is 56.1 Å². The lowest BCUT2D eigenvalue weighted by molar-refractivity contribution is 0.144. The third-order valence-electron chi connectivity index (χ3n) is 5.72. The highest BCUT2D eigenvalue weighted by molar-refractivity contribution is 7.18. The number of nitrogens with one attached hydrogen (secondary N) is 1. The van der Waals surface area contributed by atoms with Gasteiger partial charge in [0.1, 0.15) is 4.83 Å². The molecule has 7 heteroatoms. The molecule has 0 amide bonds. The summed E-state index contributed by atoms with van der Waals surface area (Å²) in [4.78, 5) is 20.0. The van der Waals surface area contributed by atoms with Crippen LogP contribution in [-0.4, -0.2) is 35.4 Å². The number of aryl methyl sites for hydroxylation is 3. The smallest absolute Gasteiger partial charge is 0.262 e. The summed E-state index contributed by atoms with van der Waals surface area (Å²) < 4.78 is 7.14. The number of nitrogens with zero attached hydrogens (tertiary/aromatic N) is 2. The number of rotatable bonds is 9. The maximum absolute atomic E-state index is 13.2. The molecule has 0 fully saturated rings. The summed E-state index contributed by atoms with van der Waals surface area (Å²) in [5.74, 6) is 0. The molecule has 160 valence electrons. The molecule has 1 atom stereocenters. The summed E-state index contributed by atoms with van der Waals surface area (Å²) >= 11 is 7.94. The Morgan fingerprint density at radius 2 is 2.23 bits per heavy atom. The van der Waals surface area contributed by atoms with Crippen LogP contribution in [0.5, 0.6) is 0 Å². The molecule has 0 unspecified atom stereocenters. The van der Waals surface area contributed by atoms with E-state index in [1.54, 1.807) is 22.2 Å². The molecule has 1 aromatic carbocycles. The predicted molar refractivity (Wildman–Crippen MR) is 124 cm³/mol. The molecule has 2 heterocycles. The van der Waals surface area contributed by atoms with Crippen molar-refractivity contribution in [3.8, 4) is 0 Å². The van der Waals surface area contributed by atoms with Crippen LogP contribution >= 0.6 is 22.9 Å². The number of halogens is 1. The van der Waals surface area contributed by atoms with E-state index in [9.17, 15) is 4.79 Å². The normalized spacial score (nSPS) is 16.1. The van der Waals surface area contributed by atoms with Gasteiger partial charge < -0.3 is 10.1 Å². The minimum atomic E-state index is 0.0766. The van der Waals surface area contributed by atoms with E-state index in [0.29, 0.717) is 19.0 Å². The fourth-order valence-electron chi connectivity index (χ4n) is 4.10. The summed E-state index contributed by atoms with van der Waals surface area (Å²) in [6.45, 7) is 5.16. The van der Waals surface area contributed by atoms with Crippen LogP contribution in [-0.2, 0) is 30.5 Å². The first kappa shape index (κ1) is 21.5. The average Bonchev–Trinajstić information content (AvgIpc) is 3.13. The molecule has 1 aliphatic carbocycles. The largest absolute Gasteiger partial charge is 0.382 e. The van der Waals surface area contributed by atoms with Gasteiger partial charge in [0.15, 0.2) is 0 Å². The predicted octanol–water partition coefficient (Wildman–Crippen LogP) is 4.23. The van der Waals surface area contributed by atoms with Crippen molar-refractivity contribution >= 4 is 33.2 Å². The maximum Gasteiger partial charge on any atom is 0.262 e. The first-order valence-corrected chi connectivity index (χ1v) is 11.9. The Hall–Kier alpha value is -1.73. The van der Waals surface area contributed by atoms with E-state index in [4.69, 9.17) is 16.3 Å². The van der Waals surface area contributed by atoms with Crippen molar-refractivity contribution in [2.24, 2.45) is 0 Å². The summed E-state index contributed by atoms with van der Waals surface area (Å²) in [7, 11) is 0. The number of fused-ring (bicyclic) bond motifs is 3. The molecule has 0 radical (unpaired) electrons. The van der Waals surface area contributed by atoms with E-state index < -0.39 is 0 Å². The lowest BCUT2D eigenvalue weighted by atomic mass is 9.93. The molecule has 0 saturated heterocycles. The lowest BCUT2D eigenvalue weighted by Gasteiger charge is -2.23. The molecule has 0 aliphatic heterocycles. The standard InChI is InChI=1S/C23H28ClN3O2S/c1-2-29-13-5-11-25-17-8-9-18-20(14-17)30-22-21(18)23(28)27(15-26-22)12-10-16-6-3-4-7-19(16)24/h3-4,6-7,15,17,25H,2,5,8-14H2,1H3/t17-/m0/s1. The maximum atomic E-state index is 13.2. The third-order valence-corrected chi connectivity index (χ3v) is 7.25. The van der Waals surface area contributed by atoms with Crippen LogP contribution in [0, 0.1) is 0 Å². The molecule has 2 aromatic heterocycles. The van der Waals surface area contributed by atoms with E-state index in [1.807, 2.05) is 31.2 Å². The van der Waals surface area contributed by atoms with Gasteiger partial charge in [-0.05, 0) is 62.8 Å². The van der Waals surface area contributed by atoms with E-state index in [-0.39, 0.29) is 5.56 Å². The minimum absolute atomic E-state index is 0.0766. The first-order chi connectivity index (χ1) is 14.7. The molecule has 5 nitrogen and oxygen atoms in total. The molecule has 0 saturated carbocycles. The van der Waals surface area contributed by atoms with Crippen molar-refractivity contribution in [1.29, 1.82) is 0 Å². The lowest BCUT2D eigenvalue weighted by Crippen LogP contribution is -2.35. The molecule has 30 heavy (non-hydrogen) atoms. The van der Waals surface area contributed by atoms with Crippen molar-refractivity contribution in [1.82, 2.24) is 14.9 Å². The van der Waals surface area contributed by atoms with Crippen molar-refractivity contribution < 1.29 is 4.74 Å². The van der Waals surface area contributed by atoms with Crippen LogP contribution in [0.1, 0.15) is 35.8 Å². The Morgan fingerprint density at radius 3 is 3.07 bits per heavy atom. The number of thiophene rings is 1. The van der Waals surface area contributed by atoms with Gasteiger partial charge in [0.2, 0.25) is 0 Å². The van der Waals surface area contributed by atoms with Gasteiger partial charge in [0.25, 0.3) is 5.56 Å². The number of ether oxygens (including phenoxy) is 1. The Bertz CT molecular complexity index is 1060. The Balaban J connectivity index is 1.46. The highest BCUT2D eigenvalue weighted by Gasteiger charge is 2.25. The zero-order valence-corrected chi connectivity index (χ0v) is 18.9. The Morgan fingerprint density at radius 1 is 1.37 bits per heavy atom. The van der Waals surface area contributed by atoms with Gasteiger partial charge in [0.05, 0.1) is 11.7 Å². The number of benzene rings is 1.